The Morgan fingerprint density at radius 1 is 0.917 bits per heavy atom. The first-order valence-electron chi connectivity index (χ1n) is 8.31. The lowest BCUT2D eigenvalue weighted by Gasteiger charge is -2.21. The van der Waals surface area contributed by atoms with Crippen molar-refractivity contribution in [1.82, 2.24) is 0 Å². The molecule has 0 saturated heterocycles. The number of carboxylic acids is 1. The molecule has 0 aromatic heterocycles. The van der Waals surface area contributed by atoms with E-state index in [-0.39, 0.29) is 13.2 Å². The Hall–Kier alpha value is -0.770. The molecule has 0 aliphatic carbocycles. The maximum atomic E-state index is 10.1. The number of nitrogens with zero attached hydrogens (tertiary/aromatic N) is 2. The minimum Gasteiger partial charge on any atom is -0.480 e. The molecule has 0 spiro atoms. The van der Waals surface area contributed by atoms with E-state index < -0.39 is 12.0 Å². The number of quaternary nitrogens is 2. The largest absolute Gasteiger partial charge is 0.480 e. The van der Waals surface area contributed by atoms with Crippen LogP contribution in [0, 0.1) is 0 Å². The summed E-state index contributed by atoms with van der Waals surface area (Å²) in [6.45, 7) is 2.83. The van der Waals surface area contributed by atoms with Gasteiger partial charge in [0.05, 0.1) is 55.5 Å². The number of hydrogen-bond acceptors (Lipinski definition) is 5. The minimum absolute atomic E-state index is 0.281. The molecule has 0 heterocycles. The van der Waals surface area contributed by atoms with Gasteiger partial charge in [0.15, 0.2) is 0 Å². The van der Waals surface area contributed by atoms with Gasteiger partial charge in [0, 0.05) is 0 Å². The second-order valence-corrected chi connectivity index (χ2v) is 7.70. The zero-order chi connectivity index (χ0) is 19.8. The molecule has 0 rings (SSSR count). The monoisotopic (exact) mass is 354 g/mol. The van der Waals surface area contributed by atoms with E-state index in [1.807, 2.05) is 0 Å². The van der Waals surface area contributed by atoms with Crippen LogP contribution in [0.25, 0.3) is 0 Å². The lowest BCUT2D eigenvalue weighted by molar-refractivity contribution is -0.870. The molecule has 0 bridgehead atoms. The highest BCUT2D eigenvalue weighted by molar-refractivity contribution is 5.72. The zero-order valence-corrected chi connectivity index (χ0v) is 16.5. The van der Waals surface area contributed by atoms with Gasteiger partial charge in [-0.2, -0.15) is 0 Å². The summed E-state index contributed by atoms with van der Waals surface area (Å²) < 4.78 is 1.69. The third-order valence-corrected chi connectivity index (χ3v) is 2.83. The summed E-state index contributed by atoms with van der Waals surface area (Å²) in [6.07, 6.45) is 2.16. The average Bonchev–Trinajstić information content (AvgIpc) is 2.37. The van der Waals surface area contributed by atoms with Crippen LogP contribution in [0.3, 0.4) is 0 Å². The van der Waals surface area contributed by atoms with E-state index in [1.54, 1.807) is 0 Å². The molecule has 0 aliphatic heterocycles. The van der Waals surface area contributed by atoms with E-state index in [4.69, 9.17) is 26.8 Å². The van der Waals surface area contributed by atoms with Crippen LogP contribution in [0.4, 0.5) is 0 Å². The van der Waals surface area contributed by atoms with Crippen molar-refractivity contribution in [3.63, 3.8) is 0 Å². The van der Waals surface area contributed by atoms with Gasteiger partial charge in [0.2, 0.25) is 0 Å². The van der Waals surface area contributed by atoms with Crippen LogP contribution in [0.5, 0.6) is 0 Å². The molecule has 8 nitrogen and oxygen atoms in total. The van der Waals surface area contributed by atoms with E-state index in [0.717, 1.165) is 34.9 Å². The number of carbonyl (C=O) groups is 1. The van der Waals surface area contributed by atoms with Crippen molar-refractivity contribution in [2.45, 2.75) is 25.3 Å². The Balaban J connectivity index is -0.000000283. The van der Waals surface area contributed by atoms with Gasteiger partial charge < -0.3 is 35.8 Å². The lowest BCUT2D eigenvalue weighted by atomic mass is 10.1. The first kappa shape index (κ1) is 28.1. The fourth-order valence-electron chi connectivity index (χ4n) is 1.23. The Labute approximate surface area is 147 Å². The van der Waals surface area contributed by atoms with E-state index in [9.17, 15) is 4.79 Å². The van der Waals surface area contributed by atoms with Gasteiger partial charge in [-0.25, -0.2) is 0 Å². The average molecular weight is 355 g/mol. The van der Waals surface area contributed by atoms with Crippen molar-refractivity contribution in [1.29, 1.82) is 0 Å². The second-order valence-electron chi connectivity index (χ2n) is 7.70. The molecule has 0 saturated carbocycles. The molecule has 0 aromatic carbocycles. The van der Waals surface area contributed by atoms with E-state index in [0.29, 0.717) is 13.0 Å². The molecular formula is C16H42N4O4+2. The fraction of sp³-hybridized carbons (Fsp3) is 0.938. The van der Waals surface area contributed by atoms with Crippen molar-refractivity contribution in [3.05, 3.63) is 0 Å². The number of unbranched alkanes of at least 4 members (excludes halogenated alkanes) is 1. The van der Waals surface area contributed by atoms with Gasteiger partial charge in [-0.3, -0.25) is 4.79 Å². The van der Waals surface area contributed by atoms with E-state index in [2.05, 4.69) is 42.3 Å². The van der Waals surface area contributed by atoms with Crippen molar-refractivity contribution >= 4 is 5.97 Å². The van der Waals surface area contributed by atoms with Gasteiger partial charge in [0.25, 0.3) is 0 Å². The van der Waals surface area contributed by atoms with Crippen LogP contribution in [0.2, 0.25) is 0 Å². The fourth-order valence-corrected chi connectivity index (χ4v) is 1.23. The maximum absolute atomic E-state index is 10.1. The lowest BCUT2D eigenvalue weighted by Crippen LogP contribution is -2.36. The van der Waals surface area contributed by atoms with Crippen molar-refractivity contribution in [2.75, 3.05) is 75.1 Å². The van der Waals surface area contributed by atoms with Crippen LogP contribution in [-0.2, 0) is 4.79 Å². The van der Waals surface area contributed by atoms with Crippen LogP contribution in [0.1, 0.15) is 19.3 Å². The standard InChI is InChI=1S/C6H14N2O2.2C5H14NO/c7-4-2-1-3-5(8)6(9)10;2*1-6(2,3)4-5-7/h5H,1-4,7-8H2,(H,9,10);2*7H,4-5H2,1-3H3/q;2*+1. The summed E-state index contributed by atoms with van der Waals surface area (Å²) in [5.74, 6) is -0.933. The topological polar surface area (TPSA) is 130 Å². The molecule has 8 heteroatoms. The summed E-state index contributed by atoms with van der Waals surface area (Å²) in [7, 11) is 12.3. The molecule has 148 valence electrons. The molecule has 0 amide bonds. The highest BCUT2D eigenvalue weighted by Gasteiger charge is 2.09. The molecule has 1 unspecified atom stereocenters. The summed E-state index contributed by atoms with van der Waals surface area (Å²) in [5, 5.41) is 25.1. The first-order chi connectivity index (χ1) is 10.8. The van der Waals surface area contributed by atoms with Crippen LogP contribution in [0.15, 0.2) is 0 Å². The van der Waals surface area contributed by atoms with Crippen LogP contribution < -0.4 is 11.5 Å². The molecule has 0 aliphatic rings. The van der Waals surface area contributed by atoms with Gasteiger partial charge >= 0.3 is 5.97 Å². The highest BCUT2D eigenvalue weighted by Crippen LogP contribution is 1.97. The number of aliphatic hydroxyl groups is 2. The number of nitrogens with two attached hydrogens (primary N) is 2. The predicted molar refractivity (Wildman–Crippen MR) is 98.5 cm³/mol. The summed E-state index contributed by atoms with van der Waals surface area (Å²) in [4.78, 5) is 10.1. The van der Waals surface area contributed by atoms with E-state index >= 15 is 0 Å². The SMILES string of the molecule is C[N+](C)(C)CCO.C[N+](C)(C)CCO.NCCCCC(N)C(=O)O. The maximum Gasteiger partial charge on any atom is 0.320 e. The smallest absolute Gasteiger partial charge is 0.320 e. The Morgan fingerprint density at radius 2 is 1.29 bits per heavy atom. The Bertz CT molecular complexity index is 273. The molecule has 0 aromatic rings. The van der Waals surface area contributed by atoms with Gasteiger partial charge in [-0.05, 0) is 19.4 Å². The molecule has 24 heavy (non-hydrogen) atoms. The number of aliphatic carboxylic acids is 1. The second kappa shape index (κ2) is 15.7. The minimum atomic E-state index is -0.933. The number of aliphatic hydroxyl groups excluding tert-OH is 2. The van der Waals surface area contributed by atoms with Crippen molar-refractivity contribution in [3.8, 4) is 0 Å². The van der Waals surface area contributed by atoms with Crippen molar-refractivity contribution < 1.29 is 29.1 Å². The first-order valence-corrected chi connectivity index (χ1v) is 8.31. The number of rotatable bonds is 9. The summed E-state index contributed by atoms with van der Waals surface area (Å²) in [5.41, 5.74) is 10.4. The van der Waals surface area contributed by atoms with Crippen molar-refractivity contribution in [2.24, 2.45) is 11.5 Å². The normalized spacial score (nSPS) is 12.4. The van der Waals surface area contributed by atoms with Crippen LogP contribution >= 0.6 is 0 Å². The van der Waals surface area contributed by atoms with Gasteiger partial charge in [0.1, 0.15) is 19.1 Å². The number of likely N-dealkylation sites (N-methyl/N-ethyl adjacent to an activating group) is 2. The molecule has 0 fully saturated rings. The number of hydrogen-bond donors (Lipinski definition) is 5. The Kier molecular flexibility index (Phi) is 18.4. The molecular weight excluding hydrogens is 312 g/mol. The third-order valence-electron chi connectivity index (χ3n) is 2.83. The van der Waals surface area contributed by atoms with Gasteiger partial charge in [-0.1, -0.05) is 6.42 Å². The quantitative estimate of drug-likeness (QED) is 0.264. The molecule has 7 N–H and O–H groups in total. The number of carboxylic acid groups (broad SMARTS) is 1. The van der Waals surface area contributed by atoms with E-state index in [1.165, 1.54) is 0 Å². The molecule has 1 atom stereocenters. The molecule has 0 radical (unpaired) electrons. The third kappa shape index (κ3) is 33.0. The zero-order valence-electron chi connectivity index (χ0n) is 16.5. The summed E-state index contributed by atoms with van der Waals surface area (Å²) >= 11 is 0. The summed E-state index contributed by atoms with van der Waals surface area (Å²) in [6, 6.07) is -0.716. The van der Waals surface area contributed by atoms with Gasteiger partial charge in [-0.15, -0.1) is 0 Å². The Morgan fingerprint density at radius 3 is 1.46 bits per heavy atom. The predicted octanol–water partition coefficient (Wildman–Crippen LogP) is -1.10. The van der Waals surface area contributed by atoms with Crippen LogP contribution in [-0.4, -0.2) is 111 Å². The highest BCUT2D eigenvalue weighted by atomic mass is 16.4.